The molecule has 4 rings (SSSR count). The molecule has 0 atom stereocenters. The van der Waals surface area contributed by atoms with E-state index in [4.69, 9.17) is 5.26 Å². The minimum atomic E-state index is -4.46. The van der Waals surface area contributed by atoms with E-state index in [2.05, 4.69) is 20.6 Å². The van der Waals surface area contributed by atoms with Gasteiger partial charge < -0.3 is 10.6 Å². The topological polar surface area (TPSA) is 90.7 Å². The highest BCUT2D eigenvalue weighted by atomic mass is 19.4. The molecule has 34 heavy (non-hydrogen) atoms. The number of halogens is 3. The number of urea groups is 1. The van der Waals surface area contributed by atoms with Gasteiger partial charge in [0.05, 0.1) is 16.8 Å². The van der Waals surface area contributed by atoms with E-state index in [1.165, 1.54) is 18.3 Å². The highest BCUT2D eigenvalue weighted by molar-refractivity contribution is 5.90. The van der Waals surface area contributed by atoms with Crippen LogP contribution in [0.5, 0.6) is 0 Å². The van der Waals surface area contributed by atoms with Crippen LogP contribution in [0.3, 0.4) is 0 Å². The summed E-state index contributed by atoms with van der Waals surface area (Å²) in [4.78, 5) is 21.1. The zero-order chi connectivity index (χ0) is 24.2. The molecular formula is C25H22F3N5O. The number of hydrogen-bond donors (Lipinski definition) is 2. The van der Waals surface area contributed by atoms with Crippen LogP contribution in [0.15, 0.2) is 60.8 Å². The molecule has 0 aliphatic heterocycles. The summed E-state index contributed by atoms with van der Waals surface area (Å²) in [7, 11) is 0. The molecule has 0 unspecified atom stereocenters. The van der Waals surface area contributed by atoms with Crippen molar-refractivity contribution in [2.75, 3.05) is 5.32 Å². The van der Waals surface area contributed by atoms with E-state index in [0.29, 0.717) is 29.8 Å². The van der Waals surface area contributed by atoms with E-state index in [1.54, 1.807) is 36.4 Å². The predicted octanol–water partition coefficient (Wildman–Crippen LogP) is 6.02. The van der Waals surface area contributed by atoms with Gasteiger partial charge in [0.2, 0.25) is 5.82 Å². The van der Waals surface area contributed by atoms with Gasteiger partial charge in [0, 0.05) is 11.9 Å². The maximum Gasteiger partial charge on any atom is 0.417 e. The Morgan fingerprint density at radius 1 is 1.00 bits per heavy atom. The second kappa shape index (κ2) is 9.51. The molecule has 1 aliphatic rings. The van der Waals surface area contributed by atoms with Gasteiger partial charge in [-0.3, -0.25) is 0 Å². The van der Waals surface area contributed by atoms with Gasteiger partial charge in [0.15, 0.2) is 0 Å². The number of rotatable bonds is 4. The fourth-order valence-corrected chi connectivity index (χ4v) is 4.37. The summed E-state index contributed by atoms with van der Waals surface area (Å²) < 4.78 is 40.0. The van der Waals surface area contributed by atoms with Crippen LogP contribution >= 0.6 is 0 Å². The average Bonchev–Trinajstić information content (AvgIpc) is 2.84. The Hall–Kier alpha value is -3.93. The molecule has 2 N–H and O–H groups in total. The number of carbonyl (C=O) groups is 1. The first-order chi connectivity index (χ1) is 16.3. The third kappa shape index (κ3) is 5.01. The number of carbonyl (C=O) groups excluding carboxylic acids is 1. The molecule has 9 heteroatoms. The van der Waals surface area contributed by atoms with Crippen LogP contribution in [0.4, 0.5) is 23.7 Å². The van der Waals surface area contributed by atoms with Crippen LogP contribution < -0.4 is 10.6 Å². The van der Waals surface area contributed by atoms with Crippen molar-refractivity contribution < 1.29 is 18.0 Å². The van der Waals surface area contributed by atoms with Gasteiger partial charge >= 0.3 is 12.2 Å². The first-order valence-electron chi connectivity index (χ1n) is 10.9. The fraction of sp³-hybridized carbons (Fsp3) is 0.280. The van der Waals surface area contributed by atoms with Crippen molar-refractivity contribution in [2.45, 2.75) is 43.8 Å². The Morgan fingerprint density at radius 2 is 1.71 bits per heavy atom. The molecule has 174 valence electrons. The summed E-state index contributed by atoms with van der Waals surface area (Å²) >= 11 is 0. The molecule has 1 aliphatic carbocycles. The van der Waals surface area contributed by atoms with E-state index >= 15 is 0 Å². The smallest absolute Gasteiger partial charge is 0.327 e. The predicted molar refractivity (Wildman–Crippen MR) is 121 cm³/mol. The van der Waals surface area contributed by atoms with Crippen molar-refractivity contribution in [1.82, 2.24) is 15.3 Å². The van der Waals surface area contributed by atoms with Gasteiger partial charge in [-0.1, -0.05) is 49.6 Å². The largest absolute Gasteiger partial charge is 0.417 e. The van der Waals surface area contributed by atoms with E-state index < -0.39 is 23.3 Å². The van der Waals surface area contributed by atoms with Crippen LogP contribution in [0.25, 0.3) is 11.1 Å². The Balaban J connectivity index is 1.52. The Labute approximate surface area is 194 Å². The molecule has 0 bridgehead atoms. The number of aromatic nitrogens is 2. The van der Waals surface area contributed by atoms with Gasteiger partial charge in [-0.25, -0.2) is 14.8 Å². The molecule has 2 amide bonds. The minimum Gasteiger partial charge on any atom is -0.327 e. The first-order valence-corrected chi connectivity index (χ1v) is 10.9. The molecule has 1 fully saturated rings. The van der Waals surface area contributed by atoms with Crippen LogP contribution in [0, 0.1) is 11.3 Å². The molecule has 1 aromatic heterocycles. The number of anilines is 1. The SMILES string of the molecule is N#Cc1nccc(C2(NC(=O)Nc3ccc(-c4ccccc4C(F)(F)F)cc3)CCCCC2)n1. The standard InChI is InChI=1S/C25H22F3N5O/c26-25(27,28)20-7-3-2-6-19(20)17-8-10-18(11-9-17)31-23(34)33-24(13-4-1-5-14-24)21-12-15-30-22(16-29)32-21/h2-3,6-12,15H,1,4-5,13-14H2,(H2,31,33,34). The first kappa shape index (κ1) is 23.2. The summed E-state index contributed by atoms with van der Waals surface area (Å²) in [5, 5.41) is 14.9. The molecule has 2 aromatic carbocycles. The monoisotopic (exact) mass is 465 g/mol. The zero-order valence-corrected chi connectivity index (χ0v) is 18.2. The molecule has 0 radical (unpaired) electrons. The minimum absolute atomic E-state index is 0.0411. The quantitative estimate of drug-likeness (QED) is 0.493. The van der Waals surface area contributed by atoms with Gasteiger partial charge in [-0.05, 0) is 48.2 Å². The molecule has 1 heterocycles. The second-order valence-corrected chi connectivity index (χ2v) is 8.22. The summed E-state index contributed by atoms with van der Waals surface area (Å²) in [6, 6.07) is 14.8. The normalized spacial score (nSPS) is 15.2. The Bertz CT molecular complexity index is 1210. The van der Waals surface area contributed by atoms with Crippen molar-refractivity contribution in [3.05, 3.63) is 77.9 Å². The summed E-state index contributed by atoms with van der Waals surface area (Å²) in [5.74, 6) is 0.0411. The number of alkyl halides is 3. The molecule has 1 saturated carbocycles. The molecule has 6 nitrogen and oxygen atoms in total. The second-order valence-electron chi connectivity index (χ2n) is 8.22. The average molecular weight is 465 g/mol. The maximum atomic E-state index is 13.3. The fourth-order valence-electron chi connectivity index (χ4n) is 4.37. The van der Waals surface area contributed by atoms with Crippen molar-refractivity contribution in [2.24, 2.45) is 0 Å². The highest BCUT2D eigenvalue weighted by Gasteiger charge is 2.37. The summed E-state index contributed by atoms with van der Waals surface area (Å²) in [6.45, 7) is 0. The number of benzene rings is 2. The Kier molecular flexibility index (Phi) is 6.50. The van der Waals surface area contributed by atoms with Crippen molar-refractivity contribution in [3.8, 4) is 17.2 Å². The van der Waals surface area contributed by atoms with Crippen LogP contribution in [0.1, 0.15) is 49.2 Å². The van der Waals surface area contributed by atoms with Crippen molar-refractivity contribution in [3.63, 3.8) is 0 Å². The zero-order valence-electron chi connectivity index (χ0n) is 18.2. The van der Waals surface area contributed by atoms with E-state index in [-0.39, 0.29) is 11.4 Å². The van der Waals surface area contributed by atoms with Crippen molar-refractivity contribution >= 4 is 11.7 Å². The third-order valence-corrected chi connectivity index (χ3v) is 5.99. The van der Waals surface area contributed by atoms with Crippen LogP contribution in [0.2, 0.25) is 0 Å². The van der Waals surface area contributed by atoms with Gasteiger partial charge in [0.25, 0.3) is 0 Å². The van der Waals surface area contributed by atoms with Crippen LogP contribution in [-0.4, -0.2) is 16.0 Å². The number of hydrogen-bond acceptors (Lipinski definition) is 4. The molecule has 0 saturated heterocycles. The maximum absolute atomic E-state index is 13.3. The highest BCUT2D eigenvalue weighted by Crippen LogP contribution is 2.38. The number of nitrogens with zero attached hydrogens (tertiary/aromatic N) is 3. The lowest BCUT2D eigenvalue weighted by Gasteiger charge is -2.37. The van der Waals surface area contributed by atoms with E-state index in [1.807, 2.05) is 6.07 Å². The summed E-state index contributed by atoms with van der Waals surface area (Å²) in [6.07, 6.45) is 1.24. The molecule has 0 spiro atoms. The lowest BCUT2D eigenvalue weighted by atomic mass is 9.79. The molecule has 3 aromatic rings. The van der Waals surface area contributed by atoms with E-state index in [0.717, 1.165) is 25.3 Å². The van der Waals surface area contributed by atoms with E-state index in [9.17, 15) is 18.0 Å². The number of amides is 2. The summed E-state index contributed by atoms with van der Waals surface area (Å²) in [5.41, 5.74) is 0.0684. The Morgan fingerprint density at radius 3 is 2.38 bits per heavy atom. The van der Waals surface area contributed by atoms with Crippen LogP contribution in [-0.2, 0) is 11.7 Å². The van der Waals surface area contributed by atoms with Gasteiger partial charge in [0.1, 0.15) is 6.07 Å². The molecular weight excluding hydrogens is 443 g/mol. The lowest BCUT2D eigenvalue weighted by Crippen LogP contribution is -2.49. The van der Waals surface area contributed by atoms with Gasteiger partial charge in [-0.2, -0.15) is 18.4 Å². The lowest BCUT2D eigenvalue weighted by molar-refractivity contribution is -0.137. The third-order valence-electron chi connectivity index (χ3n) is 5.99. The van der Waals surface area contributed by atoms with Gasteiger partial charge in [-0.15, -0.1) is 0 Å². The number of nitrogens with one attached hydrogen (secondary N) is 2. The van der Waals surface area contributed by atoms with Crippen molar-refractivity contribution in [1.29, 1.82) is 5.26 Å². The number of nitriles is 1.